The van der Waals surface area contributed by atoms with Gasteiger partial charge in [-0.25, -0.2) is 0 Å². The fourth-order valence-corrected chi connectivity index (χ4v) is 3.31. The smallest absolute Gasteiger partial charge is 0.239 e. The van der Waals surface area contributed by atoms with Gasteiger partial charge in [0.15, 0.2) is 0 Å². The summed E-state index contributed by atoms with van der Waals surface area (Å²) in [6.45, 7) is 5.49. The Morgan fingerprint density at radius 3 is 2.74 bits per heavy atom. The van der Waals surface area contributed by atoms with Crippen LogP contribution in [0.5, 0.6) is 0 Å². The van der Waals surface area contributed by atoms with Crippen molar-refractivity contribution in [1.29, 1.82) is 0 Å². The van der Waals surface area contributed by atoms with Crippen LogP contribution in [0.1, 0.15) is 52.4 Å². The van der Waals surface area contributed by atoms with Crippen molar-refractivity contribution in [2.45, 2.75) is 70.1 Å². The van der Waals surface area contributed by atoms with E-state index in [0.717, 1.165) is 19.5 Å². The van der Waals surface area contributed by atoms with Crippen LogP contribution in [-0.2, 0) is 9.53 Å². The van der Waals surface area contributed by atoms with Crippen molar-refractivity contribution in [2.75, 3.05) is 20.1 Å². The molecule has 4 heteroatoms. The first-order chi connectivity index (χ1) is 9.06. The van der Waals surface area contributed by atoms with Crippen LogP contribution in [0.3, 0.4) is 0 Å². The number of rotatable bonds is 5. The summed E-state index contributed by atoms with van der Waals surface area (Å²) in [7, 11) is 1.85. The molecule has 2 aliphatic rings. The summed E-state index contributed by atoms with van der Waals surface area (Å²) in [6, 6.07) is -0.117. The van der Waals surface area contributed by atoms with Crippen molar-refractivity contribution in [1.82, 2.24) is 10.2 Å². The van der Waals surface area contributed by atoms with E-state index in [4.69, 9.17) is 4.74 Å². The lowest BCUT2D eigenvalue weighted by Gasteiger charge is -2.25. The molecule has 2 unspecified atom stereocenters. The maximum atomic E-state index is 12.0. The van der Waals surface area contributed by atoms with Crippen LogP contribution in [0, 0.1) is 0 Å². The second-order valence-electron chi connectivity index (χ2n) is 6.15. The van der Waals surface area contributed by atoms with Crippen molar-refractivity contribution in [3.8, 4) is 0 Å². The third kappa shape index (κ3) is 3.48. The second kappa shape index (κ2) is 6.23. The van der Waals surface area contributed by atoms with E-state index in [1.54, 1.807) is 4.90 Å². The first-order valence-electron chi connectivity index (χ1n) is 7.72. The first-order valence-corrected chi connectivity index (χ1v) is 7.72. The number of likely N-dealkylation sites (N-methyl/N-ethyl adjacent to an activating group) is 1. The molecule has 1 spiro atoms. The molecule has 1 saturated carbocycles. The normalized spacial score (nSPS) is 26.8. The van der Waals surface area contributed by atoms with Crippen LogP contribution < -0.4 is 5.32 Å². The van der Waals surface area contributed by atoms with Gasteiger partial charge in [-0.2, -0.15) is 0 Å². The lowest BCUT2D eigenvalue weighted by atomic mass is 9.98. The third-order valence-corrected chi connectivity index (χ3v) is 4.73. The van der Waals surface area contributed by atoms with E-state index in [1.165, 1.54) is 32.1 Å². The topological polar surface area (TPSA) is 41.6 Å². The second-order valence-corrected chi connectivity index (χ2v) is 6.15. The van der Waals surface area contributed by atoms with Crippen molar-refractivity contribution in [3.05, 3.63) is 0 Å². The lowest BCUT2D eigenvalue weighted by Crippen LogP contribution is -2.45. The number of hydrogen-bond donors (Lipinski definition) is 1. The van der Waals surface area contributed by atoms with Gasteiger partial charge in [0.05, 0.1) is 17.7 Å². The number of nitrogens with one attached hydrogen (secondary N) is 1. The average Bonchev–Trinajstić information content (AvgIpc) is 3.05. The molecule has 0 radical (unpaired) electrons. The molecule has 1 aliphatic carbocycles. The SMILES string of the molecule is CCN(C)C(=O)C(C)NCC1CCC2(CCCC2)O1. The minimum absolute atomic E-state index is 0.117. The lowest BCUT2D eigenvalue weighted by molar-refractivity contribution is -0.131. The van der Waals surface area contributed by atoms with Crippen LogP contribution in [0.4, 0.5) is 0 Å². The Morgan fingerprint density at radius 2 is 2.11 bits per heavy atom. The van der Waals surface area contributed by atoms with Gasteiger partial charge in [-0.05, 0) is 39.5 Å². The molecule has 0 aromatic rings. The van der Waals surface area contributed by atoms with Gasteiger partial charge in [-0.1, -0.05) is 12.8 Å². The van der Waals surface area contributed by atoms with E-state index in [9.17, 15) is 4.79 Å². The Hall–Kier alpha value is -0.610. The van der Waals surface area contributed by atoms with E-state index in [2.05, 4.69) is 5.32 Å². The van der Waals surface area contributed by atoms with Gasteiger partial charge in [0.2, 0.25) is 5.91 Å². The third-order valence-electron chi connectivity index (χ3n) is 4.73. The van der Waals surface area contributed by atoms with Gasteiger partial charge in [0.1, 0.15) is 0 Å². The molecule has 19 heavy (non-hydrogen) atoms. The molecule has 4 nitrogen and oxygen atoms in total. The number of hydrogen-bond acceptors (Lipinski definition) is 3. The Morgan fingerprint density at radius 1 is 1.42 bits per heavy atom. The highest BCUT2D eigenvalue weighted by atomic mass is 16.5. The number of carbonyl (C=O) groups is 1. The van der Waals surface area contributed by atoms with Crippen molar-refractivity contribution in [2.24, 2.45) is 0 Å². The predicted molar refractivity (Wildman–Crippen MR) is 76.1 cm³/mol. The van der Waals surface area contributed by atoms with E-state index < -0.39 is 0 Å². The van der Waals surface area contributed by atoms with Gasteiger partial charge in [0, 0.05) is 20.1 Å². The molecule has 2 fully saturated rings. The zero-order valence-electron chi connectivity index (χ0n) is 12.6. The average molecular weight is 268 g/mol. The predicted octanol–water partition coefficient (Wildman–Crippen LogP) is 1.93. The van der Waals surface area contributed by atoms with Gasteiger partial charge in [-0.15, -0.1) is 0 Å². The minimum Gasteiger partial charge on any atom is -0.370 e. The molecule has 1 heterocycles. The fourth-order valence-electron chi connectivity index (χ4n) is 3.31. The summed E-state index contributed by atoms with van der Waals surface area (Å²) in [5, 5.41) is 3.33. The highest BCUT2D eigenvalue weighted by molar-refractivity contribution is 5.81. The van der Waals surface area contributed by atoms with E-state index in [1.807, 2.05) is 20.9 Å². The van der Waals surface area contributed by atoms with Crippen LogP contribution in [0.25, 0.3) is 0 Å². The van der Waals surface area contributed by atoms with Gasteiger partial charge >= 0.3 is 0 Å². The van der Waals surface area contributed by atoms with Gasteiger partial charge in [0.25, 0.3) is 0 Å². The molecule has 1 aliphatic heterocycles. The summed E-state index contributed by atoms with van der Waals surface area (Å²) < 4.78 is 6.24. The summed E-state index contributed by atoms with van der Waals surface area (Å²) in [5.74, 6) is 0.163. The minimum atomic E-state index is -0.117. The zero-order valence-corrected chi connectivity index (χ0v) is 12.6. The molecule has 0 bridgehead atoms. The van der Waals surface area contributed by atoms with Crippen LogP contribution in [0.15, 0.2) is 0 Å². The van der Waals surface area contributed by atoms with E-state index >= 15 is 0 Å². The quantitative estimate of drug-likeness (QED) is 0.828. The molecule has 0 aromatic carbocycles. The molecule has 110 valence electrons. The Labute approximate surface area is 116 Å². The molecule has 2 atom stereocenters. The van der Waals surface area contributed by atoms with E-state index in [-0.39, 0.29) is 17.6 Å². The van der Waals surface area contributed by atoms with Crippen molar-refractivity contribution >= 4 is 5.91 Å². The Kier molecular flexibility index (Phi) is 4.85. The summed E-state index contributed by atoms with van der Waals surface area (Å²) in [4.78, 5) is 13.7. The standard InChI is InChI=1S/C15H28N2O2/c1-4-17(3)14(18)12(2)16-11-13-7-10-15(19-13)8-5-6-9-15/h12-13,16H,4-11H2,1-3H3. The largest absolute Gasteiger partial charge is 0.370 e. The van der Waals surface area contributed by atoms with Crippen LogP contribution in [-0.4, -0.2) is 48.7 Å². The molecule has 2 rings (SSSR count). The first kappa shape index (κ1) is 14.8. The van der Waals surface area contributed by atoms with E-state index in [0.29, 0.717) is 6.10 Å². The number of carbonyl (C=O) groups excluding carboxylic acids is 1. The van der Waals surface area contributed by atoms with Crippen molar-refractivity contribution < 1.29 is 9.53 Å². The molecule has 1 amide bonds. The van der Waals surface area contributed by atoms with Crippen LogP contribution in [0.2, 0.25) is 0 Å². The highest BCUT2D eigenvalue weighted by Crippen LogP contribution is 2.43. The maximum Gasteiger partial charge on any atom is 0.239 e. The molecule has 1 N–H and O–H groups in total. The van der Waals surface area contributed by atoms with Gasteiger partial charge in [-0.3, -0.25) is 4.79 Å². The maximum absolute atomic E-state index is 12.0. The van der Waals surface area contributed by atoms with Crippen LogP contribution >= 0.6 is 0 Å². The number of ether oxygens (including phenoxy) is 1. The van der Waals surface area contributed by atoms with Gasteiger partial charge < -0.3 is 15.0 Å². The number of amides is 1. The monoisotopic (exact) mass is 268 g/mol. The molecular formula is C15H28N2O2. The fraction of sp³-hybridized carbons (Fsp3) is 0.933. The molecule has 1 saturated heterocycles. The summed E-state index contributed by atoms with van der Waals surface area (Å²) in [6.07, 6.45) is 7.73. The Balaban J connectivity index is 1.73. The molecule has 0 aromatic heterocycles. The number of nitrogens with zero attached hydrogens (tertiary/aromatic N) is 1. The van der Waals surface area contributed by atoms with Crippen molar-refractivity contribution in [3.63, 3.8) is 0 Å². The zero-order chi connectivity index (χ0) is 13.9. The molecular weight excluding hydrogens is 240 g/mol. The highest BCUT2D eigenvalue weighted by Gasteiger charge is 2.42. The summed E-state index contributed by atoms with van der Waals surface area (Å²) in [5.41, 5.74) is 0.194. The summed E-state index contributed by atoms with van der Waals surface area (Å²) >= 11 is 0. The Bertz CT molecular complexity index is 313.